The number of esters is 1. The highest BCUT2D eigenvalue weighted by Gasteiger charge is 2.45. The van der Waals surface area contributed by atoms with E-state index in [1.165, 1.54) is 67.6 Å². The Hall–Kier alpha value is -0.730. The minimum atomic E-state index is -1.70. The Labute approximate surface area is 215 Å². The minimum absolute atomic E-state index is 0.117. The third kappa shape index (κ3) is 7.63. The molecule has 0 amide bonds. The Morgan fingerprint density at radius 3 is 2.06 bits per heavy atom. The van der Waals surface area contributed by atoms with Crippen LogP contribution in [0.4, 0.5) is 0 Å². The Morgan fingerprint density at radius 1 is 1.00 bits per heavy atom. The van der Waals surface area contributed by atoms with E-state index in [4.69, 9.17) is 4.74 Å². The van der Waals surface area contributed by atoms with Gasteiger partial charge in [-0.1, -0.05) is 60.2 Å². The van der Waals surface area contributed by atoms with Crippen LogP contribution in [0.3, 0.4) is 0 Å². The van der Waals surface area contributed by atoms with Gasteiger partial charge < -0.3 is 14.7 Å². The zero-order valence-corrected chi connectivity index (χ0v) is 22.9. The monoisotopic (exact) mass is 555 g/mol. The second-order valence-electron chi connectivity index (χ2n) is 9.15. The summed E-state index contributed by atoms with van der Waals surface area (Å²) in [5.41, 5.74) is -1.70. The van der Waals surface area contributed by atoms with E-state index in [1.807, 2.05) is 22.9 Å². The third-order valence-electron chi connectivity index (χ3n) is 6.74. The molecule has 1 N–H and O–H groups in total. The first-order valence-electron chi connectivity index (χ1n) is 12.3. The topological polar surface area (TPSA) is 49.8 Å². The van der Waals surface area contributed by atoms with Gasteiger partial charge in [-0.3, -0.25) is 0 Å². The standard InChI is InChI=1S/C26H38BrNO3S2/c1-28(18-8-6-4-2-3-5-7-17-27)21-13-15-22(16-14-21)31-25(29)26(30,23-11-9-19-32-23)24-12-10-20-33-24/h9-12,19-22,30H,2-8,13-18H2,1H3/t21-,22-. The third-order valence-corrected chi connectivity index (χ3v) is 9.25. The first-order chi connectivity index (χ1) is 16.1. The van der Waals surface area contributed by atoms with Crippen molar-refractivity contribution in [3.63, 3.8) is 0 Å². The van der Waals surface area contributed by atoms with E-state index in [1.54, 1.807) is 12.1 Å². The van der Waals surface area contributed by atoms with Gasteiger partial charge in [-0.2, -0.15) is 0 Å². The number of carbonyl (C=O) groups is 1. The molecule has 1 saturated carbocycles. The summed E-state index contributed by atoms with van der Waals surface area (Å²) in [6, 6.07) is 7.89. The van der Waals surface area contributed by atoms with Crippen LogP contribution in [0.2, 0.25) is 0 Å². The molecule has 0 spiro atoms. The molecule has 7 heteroatoms. The second-order valence-corrected chi connectivity index (χ2v) is 11.8. The average molecular weight is 557 g/mol. The van der Waals surface area contributed by atoms with Gasteiger partial charge in [0, 0.05) is 11.4 Å². The number of carbonyl (C=O) groups excluding carboxylic acids is 1. The van der Waals surface area contributed by atoms with E-state index in [-0.39, 0.29) is 6.10 Å². The fourth-order valence-corrected chi connectivity index (χ4v) is 6.76. The van der Waals surface area contributed by atoms with Crippen molar-refractivity contribution in [1.29, 1.82) is 0 Å². The minimum Gasteiger partial charge on any atom is -0.460 e. The second kappa shape index (κ2) is 14.0. The number of alkyl halides is 1. The maximum atomic E-state index is 13.2. The number of rotatable bonds is 14. The molecule has 0 atom stereocenters. The molecule has 0 unspecified atom stereocenters. The molecule has 2 aromatic heterocycles. The molecule has 4 nitrogen and oxygen atoms in total. The van der Waals surface area contributed by atoms with Crippen molar-refractivity contribution in [2.24, 2.45) is 0 Å². The molecule has 0 bridgehead atoms. The number of unbranched alkanes of at least 4 members (excludes halogenated alkanes) is 6. The number of nitrogens with zero attached hydrogens (tertiary/aromatic N) is 1. The van der Waals surface area contributed by atoms with Crippen molar-refractivity contribution in [2.45, 2.75) is 88.4 Å². The van der Waals surface area contributed by atoms with E-state index in [2.05, 4.69) is 27.9 Å². The average Bonchev–Trinajstić information content (AvgIpc) is 3.55. The van der Waals surface area contributed by atoms with Gasteiger partial charge in [0.1, 0.15) is 6.10 Å². The van der Waals surface area contributed by atoms with Crippen molar-refractivity contribution in [1.82, 2.24) is 4.90 Å². The molecule has 0 aromatic carbocycles. The van der Waals surface area contributed by atoms with E-state index in [0.29, 0.717) is 15.8 Å². The van der Waals surface area contributed by atoms with Gasteiger partial charge in [0.2, 0.25) is 5.60 Å². The van der Waals surface area contributed by atoms with Crippen LogP contribution in [-0.2, 0) is 15.1 Å². The smallest absolute Gasteiger partial charge is 0.349 e. The molecular formula is C26H38BrNO3S2. The molecule has 0 saturated heterocycles. The predicted octanol–water partition coefficient (Wildman–Crippen LogP) is 6.96. The maximum Gasteiger partial charge on any atom is 0.349 e. The zero-order valence-electron chi connectivity index (χ0n) is 19.7. The predicted molar refractivity (Wildman–Crippen MR) is 143 cm³/mol. The van der Waals surface area contributed by atoms with Gasteiger partial charge in [0.25, 0.3) is 0 Å². The highest BCUT2D eigenvalue weighted by molar-refractivity contribution is 9.09. The van der Waals surface area contributed by atoms with Gasteiger partial charge in [-0.25, -0.2) is 4.79 Å². The van der Waals surface area contributed by atoms with Gasteiger partial charge in [0.15, 0.2) is 0 Å². The lowest BCUT2D eigenvalue weighted by atomic mass is 9.91. The number of hydrogen-bond acceptors (Lipinski definition) is 6. The van der Waals surface area contributed by atoms with Crippen molar-refractivity contribution < 1.29 is 14.6 Å². The highest BCUT2D eigenvalue weighted by Crippen LogP contribution is 2.38. The Morgan fingerprint density at radius 2 is 1.55 bits per heavy atom. The maximum absolute atomic E-state index is 13.2. The summed E-state index contributed by atoms with van der Waals surface area (Å²) >= 11 is 6.27. The van der Waals surface area contributed by atoms with Crippen LogP contribution in [0.5, 0.6) is 0 Å². The lowest BCUT2D eigenvalue weighted by Crippen LogP contribution is -2.42. The molecule has 3 rings (SSSR count). The van der Waals surface area contributed by atoms with Crippen LogP contribution in [0.15, 0.2) is 35.0 Å². The largest absolute Gasteiger partial charge is 0.460 e. The van der Waals surface area contributed by atoms with Crippen molar-refractivity contribution in [3.8, 4) is 0 Å². The van der Waals surface area contributed by atoms with Crippen molar-refractivity contribution >= 4 is 44.6 Å². The number of ether oxygens (including phenoxy) is 1. The SMILES string of the molecule is CN(CCCCCCCCCBr)[C@H]1CC[C@H](OC(=O)C(O)(c2cccs2)c2cccs2)CC1. The molecule has 33 heavy (non-hydrogen) atoms. The molecule has 1 aliphatic carbocycles. The highest BCUT2D eigenvalue weighted by atomic mass is 79.9. The molecule has 0 radical (unpaired) electrons. The summed E-state index contributed by atoms with van der Waals surface area (Å²) in [6.45, 7) is 1.15. The van der Waals surface area contributed by atoms with Gasteiger partial charge in [-0.05, 0) is 75.0 Å². The molecular weight excluding hydrogens is 518 g/mol. The molecule has 2 aromatic rings. The number of halogens is 1. The fourth-order valence-electron chi connectivity index (χ4n) is 4.65. The summed E-state index contributed by atoms with van der Waals surface area (Å²) in [6.07, 6.45) is 13.0. The zero-order chi connectivity index (χ0) is 23.5. The van der Waals surface area contributed by atoms with Crippen LogP contribution in [-0.4, -0.2) is 47.0 Å². The van der Waals surface area contributed by atoms with Gasteiger partial charge in [-0.15, -0.1) is 22.7 Å². The van der Waals surface area contributed by atoms with Crippen LogP contribution < -0.4 is 0 Å². The number of hydrogen-bond donors (Lipinski definition) is 1. The summed E-state index contributed by atoms with van der Waals surface area (Å²) in [5.74, 6) is -0.541. The van der Waals surface area contributed by atoms with E-state index < -0.39 is 11.6 Å². The Bertz CT molecular complexity index is 754. The first kappa shape index (κ1) is 26.9. The Kier molecular flexibility index (Phi) is 11.4. The van der Waals surface area contributed by atoms with Gasteiger partial charge in [0.05, 0.1) is 9.75 Å². The quantitative estimate of drug-likeness (QED) is 0.155. The summed E-state index contributed by atoms with van der Waals surface area (Å²) < 4.78 is 5.89. The normalized spacial score (nSPS) is 19.2. The molecule has 1 fully saturated rings. The molecule has 184 valence electrons. The lowest BCUT2D eigenvalue weighted by molar-refractivity contribution is -0.169. The van der Waals surface area contributed by atoms with Crippen LogP contribution in [0, 0.1) is 0 Å². The van der Waals surface area contributed by atoms with Gasteiger partial charge >= 0.3 is 5.97 Å². The molecule has 2 heterocycles. The van der Waals surface area contributed by atoms with E-state index in [0.717, 1.165) is 37.6 Å². The molecule has 1 aliphatic rings. The van der Waals surface area contributed by atoms with Crippen molar-refractivity contribution in [3.05, 3.63) is 44.8 Å². The summed E-state index contributed by atoms with van der Waals surface area (Å²) in [5, 5.41) is 16.3. The number of thiophene rings is 2. The fraction of sp³-hybridized carbons (Fsp3) is 0.654. The van der Waals surface area contributed by atoms with Crippen LogP contribution in [0.25, 0.3) is 0 Å². The Balaban J connectivity index is 1.40. The van der Waals surface area contributed by atoms with E-state index >= 15 is 0 Å². The first-order valence-corrected chi connectivity index (χ1v) is 15.2. The summed E-state index contributed by atoms with van der Waals surface area (Å²) in [4.78, 5) is 16.9. The van der Waals surface area contributed by atoms with E-state index in [9.17, 15) is 9.90 Å². The van der Waals surface area contributed by atoms with Crippen LogP contribution in [0.1, 0.15) is 80.4 Å². The van der Waals surface area contributed by atoms with Crippen molar-refractivity contribution in [2.75, 3.05) is 18.9 Å². The summed E-state index contributed by atoms with van der Waals surface area (Å²) in [7, 11) is 2.24. The lowest BCUT2D eigenvalue weighted by Gasteiger charge is -2.35. The number of aliphatic hydroxyl groups is 1. The molecule has 0 aliphatic heterocycles. The van der Waals surface area contributed by atoms with Crippen LogP contribution >= 0.6 is 38.6 Å².